The number of amides is 1. The fraction of sp³-hybridized carbons (Fsp3) is 0.588. The predicted octanol–water partition coefficient (Wildman–Crippen LogP) is 3.23. The lowest BCUT2D eigenvalue weighted by molar-refractivity contribution is -0.122. The number of benzene rings is 1. The first-order valence-electron chi connectivity index (χ1n) is 7.96. The number of piperidine rings is 1. The van der Waals surface area contributed by atoms with Crippen LogP contribution in [-0.4, -0.2) is 19.0 Å². The molecule has 1 heterocycles. The number of halogens is 1. The summed E-state index contributed by atoms with van der Waals surface area (Å²) in [5.41, 5.74) is 1.07. The summed E-state index contributed by atoms with van der Waals surface area (Å²) in [6, 6.07) is 7.86. The van der Waals surface area contributed by atoms with E-state index in [4.69, 9.17) is 11.6 Å². The second-order valence-electron chi connectivity index (χ2n) is 6.37. The number of hydrogen-bond acceptors (Lipinski definition) is 2. The first-order valence-corrected chi connectivity index (χ1v) is 8.33. The minimum Gasteiger partial charge on any atom is -0.347 e. The second-order valence-corrected chi connectivity index (χ2v) is 6.81. The number of nitrogens with one attached hydrogen (secondary N) is 2. The molecule has 1 amide bonds. The van der Waals surface area contributed by atoms with Gasteiger partial charge >= 0.3 is 0 Å². The Morgan fingerprint density at radius 1 is 1.24 bits per heavy atom. The van der Waals surface area contributed by atoms with Gasteiger partial charge in [0.05, 0.1) is 5.54 Å². The summed E-state index contributed by atoms with van der Waals surface area (Å²) in [6.45, 7) is 2.20. The molecule has 3 nitrogen and oxygen atoms in total. The van der Waals surface area contributed by atoms with E-state index in [2.05, 4.69) is 10.6 Å². The maximum atomic E-state index is 12.2. The van der Waals surface area contributed by atoms with Crippen LogP contribution in [0.4, 0.5) is 0 Å². The highest BCUT2D eigenvalue weighted by atomic mass is 35.5. The van der Waals surface area contributed by atoms with Crippen LogP contribution < -0.4 is 10.6 Å². The van der Waals surface area contributed by atoms with E-state index < -0.39 is 0 Å². The van der Waals surface area contributed by atoms with Gasteiger partial charge in [0.2, 0.25) is 5.91 Å². The average Bonchev–Trinajstić information content (AvgIpc) is 3.27. The zero-order valence-corrected chi connectivity index (χ0v) is 13.1. The maximum Gasteiger partial charge on any atom is 0.220 e. The fourth-order valence-corrected chi connectivity index (χ4v) is 3.34. The molecule has 1 aliphatic heterocycles. The third kappa shape index (κ3) is 3.78. The summed E-state index contributed by atoms with van der Waals surface area (Å²) in [7, 11) is 0. The summed E-state index contributed by atoms with van der Waals surface area (Å²) in [6.07, 6.45) is 6.15. The molecule has 1 aliphatic carbocycles. The lowest BCUT2D eigenvalue weighted by atomic mass is 9.93. The van der Waals surface area contributed by atoms with Crippen molar-refractivity contribution >= 4 is 17.5 Å². The van der Waals surface area contributed by atoms with Gasteiger partial charge in [0.1, 0.15) is 0 Å². The maximum absolute atomic E-state index is 12.2. The molecule has 0 radical (unpaired) electrons. The molecule has 1 saturated carbocycles. The first-order chi connectivity index (χ1) is 10.2. The van der Waals surface area contributed by atoms with Crippen LogP contribution in [0.5, 0.6) is 0 Å². The van der Waals surface area contributed by atoms with Gasteiger partial charge in [0, 0.05) is 11.4 Å². The quantitative estimate of drug-likeness (QED) is 0.877. The second kappa shape index (κ2) is 6.37. The van der Waals surface area contributed by atoms with Crippen LogP contribution in [0.15, 0.2) is 24.3 Å². The monoisotopic (exact) mass is 306 g/mol. The van der Waals surface area contributed by atoms with Crippen molar-refractivity contribution in [1.82, 2.24) is 10.6 Å². The number of rotatable bonds is 5. The van der Waals surface area contributed by atoms with Gasteiger partial charge in [-0.15, -0.1) is 0 Å². The third-order valence-corrected chi connectivity index (χ3v) is 5.02. The molecule has 0 bridgehead atoms. The largest absolute Gasteiger partial charge is 0.347 e. The standard InChI is InChI=1S/C17H23ClN2O/c18-15-4-2-14(3-5-15)17(9-10-17)20-16(21)6-1-13-7-11-19-12-8-13/h2-5,13,19H,1,6-12H2,(H,20,21). The molecule has 2 N–H and O–H groups in total. The van der Waals surface area contributed by atoms with Crippen LogP contribution in [0.25, 0.3) is 0 Å². The van der Waals surface area contributed by atoms with Crippen molar-refractivity contribution in [2.75, 3.05) is 13.1 Å². The zero-order valence-electron chi connectivity index (χ0n) is 12.3. The molecule has 0 unspecified atom stereocenters. The molecular weight excluding hydrogens is 284 g/mol. The Bertz CT molecular complexity index is 490. The van der Waals surface area contributed by atoms with E-state index in [-0.39, 0.29) is 11.4 Å². The van der Waals surface area contributed by atoms with Crippen molar-refractivity contribution in [2.45, 2.75) is 44.1 Å². The molecule has 114 valence electrons. The van der Waals surface area contributed by atoms with E-state index in [0.717, 1.165) is 37.4 Å². The van der Waals surface area contributed by atoms with E-state index in [1.807, 2.05) is 24.3 Å². The van der Waals surface area contributed by atoms with Gasteiger partial charge in [-0.1, -0.05) is 23.7 Å². The minimum absolute atomic E-state index is 0.115. The Balaban J connectivity index is 1.51. The normalized spacial score (nSPS) is 21.0. The molecule has 0 atom stereocenters. The first kappa shape index (κ1) is 14.9. The van der Waals surface area contributed by atoms with Crippen LogP contribution in [0.3, 0.4) is 0 Å². The van der Waals surface area contributed by atoms with Gasteiger partial charge < -0.3 is 10.6 Å². The van der Waals surface area contributed by atoms with Gasteiger partial charge in [-0.05, 0) is 68.8 Å². The SMILES string of the molecule is O=C(CCC1CCNCC1)NC1(c2ccc(Cl)cc2)CC1. The molecule has 3 rings (SSSR count). The Morgan fingerprint density at radius 2 is 1.90 bits per heavy atom. The van der Waals surface area contributed by atoms with Crippen molar-refractivity contribution < 1.29 is 4.79 Å². The number of carbonyl (C=O) groups excluding carboxylic acids is 1. The van der Waals surface area contributed by atoms with E-state index in [1.54, 1.807) is 0 Å². The lowest BCUT2D eigenvalue weighted by Gasteiger charge is -2.23. The summed E-state index contributed by atoms with van der Waals surface area (Å²) in [5.74, 6) is 0.906. The van der Waals surface area contributed by atoms with E-state index in [1.165, 1.54) is 18.4 Å². The summed E-state index contributed by atoms with van der Waals surface area (Å²) in [4.78, 5) is 12.2. The van der Waals surface area contributed by atoms with Gasteiger partial charge in [0.15, 0.2) is 0 Å². The van der Waals surface area contributed by atoms with Crippen LogP contribution >= 0.6 is 11.6 Å². The Hall–Kier alpha value is -1.06. The topological polar surface area (TPSA) is 41.1 Å². The molecule has 1 aromatic rings. The highest BCUT2D eigenvalue weighted by Crippen LogP contribution is 2.45. The molecule has 0 aromatic heterocycles. The minimum atomic E-state index is -0.115. The number of carbonyl (C=O) groups is 1. The predicted molar refractivity (Wildman–Crippen MR) is 85.3 cm³/mol. The van der Waals surface area contributed by atoms with Crippen molar-refractivity contribution in [1.29, 1.82) is 0 Å². The van der Waals surface area contributed by atoms with Crippen molar-refractivity contribution in [3.63, 3.8) is 0 Å². The molecule has 4 heteroatoms. The molecular formula is C17H23ClN2O. The molecule has 2 fully saturated rings. The van der Waals surface area contributed by atoms with E-state index in [0.29, 0.717) is 12.3 Å². The van der Waals surface area contributed by atoms with Crippen molar-refractivity contribution in [3.8, 4) is 0 Å². The molecule has 1 saturated heterocycles. The van der Waals surface area contributed by atoms with Gasteiger partial charge in [-0.2, -0.15) is 0 Å². The highest BCUT2D eigenvalue weighted by molar-refractivity contribution is 6.30. The molecule has 0 spiro atoms. The van der Waals surface area contributed by atoms with Crippen LogP contribution in [-0.2, 0) is 10.3 Å². The Morgan fingerprint density at radius 3 is 2.52 bits per heavy atom. The summed E-state index contributed by atoms with van der Waals surface area (Å²) >= 11 is 5.93. The van der Waals surface area contributed by atoms with Crippen LogP contribution in [0.2, 0.25) is 5.02 Å². The summed E-state index contributed by atoms with van der Waals surface area (Å²) in [5, 5.41) is 7.35. The van der Waals surface area contributed by atoms with Crippen LogP contribution in [0.1, 0.15) is 44.1 Å². The average molecular weight is 307 g/mol. The number of hydrogen-bond donors (Lipinski definition) is 2. The molecule has 2 aliphatic rings. The van der Waals surface area contributed by atoms with Gasteiger partial charge in [-0.3, -0.25) is 4.79 Å². The zero-order chi connectivity index (χ0) is 14.7. The fourth-order valence-electron chi connectivity index (χ4n) is 3.21. The Kier molecular flexibility index (Phi) is 4.51. The van der Waals surface area contributed by atoms with Crippen molar-refractivity contribution in [3.05, 3.63) is 34.9 Å². The van der Waals surface area contributed by atoms with Crippen molar-refractivity contribution in [2.24, 2.45) is 5.92 Å². The molecule has 1 aromatic carbocycles. The van der Waals surface area contributed by atoms with E-state index in [9.17, 15) is 4.79 Å². The van der Waals surface area contributed by atoms with Gasteiger partial charge in [-0.25, -0.2) is 0 Å². The Labute approximate surface area is 131 Å². The molecule has 21 heavy (non-hydrogen) atoms. The highest BCUT2D eigenvalue weighted by Gasteiger charge is 2.45. The van der Waals surface area contributed by atoms with Gasteiger partial charge in [0.25, 0.3) is 0 Å². The lowest BCUT2D eigenvalue weighted by Crippen LogP contribution is -2.35. The smallest absolute Gasteiger partial charge is 0.220 e. The summed E-state index contributed by atoms with van der Waals surface area (Å²) < 4.78 is 0. The van der Waals surface area contributed by atoms with Crippen LogP contribution in [0, 0.1) is 5.92 Å². The van der Waals surface area contributed by atoms with E-state index >= 15 is 0 Å². The third-order valence-electron chi connectivity index (χ3n) is 4.76.